The summed E-state index contributed by atoms with van der Waals surface area (Å²) in [5.41, 5.74) is -1.18. The van der Waals surface area contributed by atoms with Gasteiger partial charge in [0, 0.05) is 30.7 Å². The summed E-state index contributed by atoms with van der Waals surface area (Å²) in [7, 11) is 0. The van der Waals surface area contributed by atoms with Crippen LogP contribution in [0.3, 0.4) is 0 Å². The second-order valence-electron chi connectivity index (χ2n) is 7.69. The minimum absolute atomic E-state index is 0.0416. The number of amides is 2. The van der Waals surface area contributed by atoms with Crippen LogP contribution in [0.5, 0.6) is 0 Å². The van der Waals surface area contributed by atoms with E-state index in [4.69, 9.17) is 11.6 Å². The number of aliphatic hydroxyl groups is 1. The van der Waals surface area contributed by atoms with Gasteiger partial charge in [-0.1, -0.05) is 11.6 Å². The summed E-state index contributed by atoms with van der Waals surface area (Å²) in [4.78, 5) is 26.8. The first-order valence-corrected chi connectivity index (χ1v) is 10.3. The minimum Gasteiger partial charge on any atom is -0.372 e. The molecule has 2 aromatic rings. The highest BCUT2D eigenvalue weighted by molar-refractivity contribution is 6.30. The molecule has 1 aromatic carbocycles. The van der Waals surface area contributed by atoms with Crippen molar-refractivity contribution in [1.82, 2.24) is 20.4 Å². The van der Waals surface area contributed by atoms with Crippen LogP contribution >= 0.6 is 11.6 Å². The maximum Gasteiger partial charge on any atom is 0.268 e. The number of nitrogens with one attached hydrogen (secondary N) is 2. The number of carbonyl (C=O) groups is 2. The van der Waals surface area contributed by atoms with E-state index in [1.165, 1.54) is 17.0 Å². The number of hydrogen-bond acceptors (Lipinski definition) is 5. The van der Waals surface area contributed by atoms with Gasteiger partial charge in [0.1, 0.15) is 5.82 Å². The minimum atomic E-state index is -2.17. The van der Waals surface area contributed by atoms with E-state index < -0.39 is 23.2 Å². The molecule has 160 valence electrons. The summed E-state index contributed by atoms with van der Waals surface area (Å²) in [5, 5.41) is 21.1. The standard InChI is InChI=1S/C20H23ClFN5O3/c21-14-7-13(8-15(22)9-14)10-24-18(28)20(30)3-6-26(19(20)29)17-11-25-27(12-17)16-1-4-23-5-2-16/h7-9,11-12,16,23,30H,1-6,10H2,(H,24,28). The fourth-order valence-electron chi connectivity index (χ4n) is 3.94. The van der Waals surface area contributed by atoms with Crippen molar-refractivity contribution in [2.45, 2.75) is 37.5 Å². The molecule has 3 heterocycles. The third-order valence-corrected chi connectivity index (χ3v) is 5.85. The average molecular weight is 436 g/mol. The van der Waals surface area contributed by atoms with Crippen LogP contribution in [0.15, 0.2) is 30.6 Å². The Morgan fingerprint density at radius 3 is 2.87 bits per heavy atom. The number of hydrogen-bond donors (Lipinski definition) is 3. The second kappa shape index (κ2) is 8.33. The Morgan fingerprint density at radius 2 is 2.13 bits per heavy atom. The molecular formula is C20H23ClFN5O3. The average Bonchev–Trinajstić information content (AvgIpc) is 3.32. The van der Waals surface area contributed by atoms with Crippen LogP contribution in [-0.2, 0) is 16.1 Å². The summed E-state index contributed by atoms with van der Waals surface area (Å²) in [5.74, 6) is -2.04. The van der Waals surface area contributed by atoms with Gasteiger partial charge in [-0.05, 0) is 49.7 Å². The maximum absolute atomic E-state index is 13.4. The van der Waals surface area contributed by atoms with Crippen LogP contribution in [0.1, 0.15) is 30.9 Å². The third kappa shape index (κ3) is 4.05. The first-order valence-electron chi connectivity index (χ1n) is 9.89. The first-order chi connectivity index (χ1) is 14.4. The number of aromatic nitrogens is 2. The number of rotatable bonds is 5. The molecule has 2 fully saturated rings. The van der Waals surface area contributed by atoms with Gasteiger partial charge in [0.25, 0.3) is 11.8 Å². The summed E-state index contributed by atoms with van der Waals surface area (Å²) in [6, 6.07) is 4.15. The van der Waals surface area contributed by atoms with Crippen molar-refractivity contribution >= 4 is 29.1 Å². The van der Waals surface area contributed by atoms with Crippen LogP contribution in [0.2, 0.25) is 5.02 Å². The summed E-state index contributed by atoms with van der Waals surface area (Å²) in [6.07, 6.45) is 5.22. The molecule has 1 unspecified atom stereocenters. The Balaban J connectivity index is 1.42. The zero-order valence-corrected chi connectivity index (χ0v) is 17.0. The number of benzene rings is 1. The van der Waals surface area contributed by atoms with E-state index in [2.05, 4.69) is 15.7 Å². The van der Waals surface area contributed by atoms with Gasteiger partial charge in [0.05, 0.1) is 17.9 Å². The van der Waals surface area contributed by atoms with E-state index >= 15 is 0 Å². The quantitative estimate of drug-likeness (QED) is 0.616. The van der Waals surface area contributed by atoms with E-state index in [9.17, 15) is 19.1 Å². The van der Waals surface area contributed by atoms with Crippen molar-refractivity contribution in [2.75, 3.05) is 24.5 Å². The topological polar surface area (TPSA) is 99.5 Å². The fraction of sp³-hybridized carbons (Fsp3) is 0.450. The van der Waals surface area contributed by atoms with Crippen LogP contribution < -0.4 is 15.5 Å². The van der Waals surface area contributed by atoms with Gasteiger partial charge in [-0.2, -0.15) is 5.10 Å². The molecule has 1 aromatic heterocycles. The number of piperidine rings is 1. The van der Waals surface area contributed by atoms with Crippen molar-refractivity contribution < 1.29 is 19.1 Å². The predicted octanol–water partition coefficient (Wildman–Crippen LogP) is 1.38. The van der Waals surface area contributed by atoms with Crippen molar-refractivity contribution in [3.63, 3.8) is 0 Å². The van der Waals surface area contributed by atoms with E-state index in [1.807, 2.05) is 4.68 Å². The van der Waals surface area contributed by atoms with E-state index in [0.717, 1.165) is 32.0 Å². The number of halogens is 2. The highest BCUT2D eigenvalue weighted by atomic mass is 35.5. The summed E-state index contributed by atoms with van der Waals surface area (Å²) in [6.45, 7) is 1.98. The Morgan fingerprint density at radius 1 is 1.37 bits per heavy atom. The lowest BCUT2D eigenvalue weighted by molar-refractivity contribution is -0.149. The predicted molar refractivity (Wildman–Crippen MR) is 109 cm³/mol. The molecule has 0 radical (unpaired) electrons. The molecule has 8 nitrogen and oxygen atoms in total. The van der Waals surface area contributed by atoms with E-state index in [0.29, 0.717) is 11.3 Å². The third-order valence-electron chi connectivity index (χ3n) is 5.63. The lowest BCUT2D eigenvalue weighted by Crippen LogP contribution is -2.52. The molecule has 30 heavy (non-hydrogen) atoms. The van der Waals surface area contributed by atoms with Gasteiger partial charge >= 0.3 is 0 Å². The van der Waals surface area contributed by atoms with Gasteiger partial charge in [-0.3, -0.25) is 14.3 Å². The van der Waals surface area contributed by atoms with Crippen molar-refractivity contribution in [1.29, 1.82) is 0 Å². The van der Waals surface area contributed by atoms with Gasteiger partial charge in [-0.25, -0.2) is 4.39 Å². The van der Waals surface area contributed by atoms with Gasteiger partial charge in [0.2, 0.25) is 5.60 Å². The molecule has 2 aliphatic rings. The molecule has 3 N–H and O–H groups in total. The van der Waals surface area contributed by atoms with Crippen molar-refractivity contribution in [3.05, 3.63) is 47.0 Å². The molecule has 2 aliphatic heterocycles. The molecule has 0 spiro atoms. The zero-order valence-electron chi connectivity index (χ0n) is 16.3. The molecule has 1 atom stereocenters. The molecular weight excluding hydrogens is 413 g/mol. The van der Waals surface area contributed by atoms with Crippen molar-refractivity contribution in [3.8, 4) is 0 Å². The van der Waals surface area contributed by atoms with Gasteiger partial charge in [-0.15, -0.1) is 0 Å². The first kappa shape index (κ1) is 20.8. The second-order valence-corrected chi connectivity index (χ2v) is 8.12. The normalized spacial score (nSPS) is 22.5. The van der Waals surface area contributed by atoms with Crippen LogP contribution in [-0.4, -0.2) is 51.9 Å². The number of nitrogens with zero attached hydrogens (tertiary/aromatic N) is 3. The van der Waals surface area contributed by atoms with Gasteiger partial charge < -0.3 is 20.6 Å². The van der Waals surface area contributed by atoms with Crippen LogP contribution in [0, 0.1) is 5.82 Å². The SMILES string of the molecule is O=C(NCc1cc(F)cc(Cl)c1)C1(O)CCN(c2cnn(C3CCNCC3)c2)C1=O. The summed E-state index contributed by atoms with van der Waals surface area (Å²) < 4.78 is 15.3. The van der Waals surface area contributed by atoms with E-state index in [-0.39, 0.29) is 30.6 Å². The maximum atomic E-state index is 13.4. The molecule has 10 heteroatoms. The number of anilines is 1. The Hall–Kier alpha value is -2.49. The molecule has 0 saturated carbocycles. The van der Waals surface area contributed by atoms with Gasteiger partial charge in [0.15, 0.2) is 0 Å². The highest BCUT2D eigenvalue weighted by Gasteiger charge is 2.52. The lowest BCUT2D eigenvalue weighted by Gasteiger charge is -2.23. The molecule has 2 saturated heterocycles. The Labute approximate surface area is 178 Å². The monoisotopic (exact) mass is 435 g/mol. The molecule has 0 aliphatic carbocycles. The highest BCUT2D eigenvalue weighted by Crippen LogP contribution is 2.30. The largest absolute Gasteiger partial charge is 0.372 e. The summed E-state index contributed by atoms with van der Waals surface area (Å²) >= 11 is 5.81. The van der Waals surface area contributed by atoms with Crippen molar-refractivity contribution in [2.24, 2.45) is 0 Å². The number of carbonyl (C=O) groups excluding carboxylic acids is 2. The molecule has 2 amide bonds. The zero-order chi connectivity index (χ0) is 21.3. The fourth-order valence-corrected chi connectivity index (χ4v) is 4.19. The Kier molecular flexibility index (Phi) is 5.77. The lowest BCUT2D eigenvalue weighted by atomic mass is 10.0. The molecule has 0 bridgehead atoms. The Bertz CT molecular complexity index is 941. The van der Waals surface area contributed by atoms with Crippen LogP contribution in [0.4, 0.5) is 10.1 Å². The van der Waals surface area contributed by atoms with E-state index in [1.54, 1.807) is 12.4 Å². The molecule has 4 rings (SSSR count). The smallest absolute Gasteiger partial charge is 0.268 e. The van der Waals surface area contributed by atoms with Crippen LogP contribution in [0.25, 0.3) is 0 Å².